The van der Waals surface area contributed by atoms with Crippen LogP contribution >= 0.6 is 0 Å². The second-order valence-corrected chi connectivity index (χ2v) is 8.41. The van der Waals surface area contributed by atoms with Gasteiger partial charge in [-0.25, -0.2) is 0 Å². The van der Waals surface area contributed by atoms with Crippen molar-refractivity contribution in [2.75, 3.05) is 6.54 Å². The highest BCUT2D eigenvalue weighted by molar-refractivity contribution is 5.07. The third kappa shape index (κ3) is 1.99. The van der Waals surface area contributed by atoms with Crippen LogP contribution in [-0.2, 0) is 0 Å². The van der Waals surface area contributed by atoms with Crippen molar-refractivity contribution < 1.29 is 0 Å². The molecule has 1 nitrogen and oxygen atoms in total. The molecule has 4 bridgehead atoms. The van der Waals surface area contributed by atoms with Gasteiger partial charge in [-0.3, -0.25) is 0 Å². The first-order valence-electron chi connectivity index (χ1n) is 9.01. The fourth-order valence-corrected chi connectivity index (χ4v) is 7.07. The van der Waals surface area contributed by atoms with Crippen molar-refractivity contribution in [3.8, 4) is 0 Å². The molecule has 5 aliphatic carbocycles. The Balaban J connectivity index is 1.56. The molecule has 1 heteroatoms. The van der Waals surface area contributed by atoms with E-state index in [1.807, 2.05) is 0 Å². The fourth-order valence-electron chi connectivity index (χ4n) is 7.07. The summed E-state index contributed by atoms with van der Waals surface area (Å²) in [6, 6.07) is 0. The average Bonchev–Trinajstić information content (AvgIpc) is 2.43. The fraction of sp³-hybridized carbons (Fsp3) is 1.00. The van der Waals surface area contributed by atoms with Gasteiger partial charge < -0.3 is 5.73 Å². The molecule has 0 spiro atoms. The molecule has 108 valence electrons. The summed E-state index contributed by atoms with van der Waals surface area (Å²) in [6.07, 6.45) is 16.9. The van der Waals surface area contributed by atoms with Crippen molar-refractivity contribution >= 4 is 0 Å². The average molecular weight is 261 g/mol. The van der Waals surface area contributed by atoms with Crippen molar-refractivity contribution in [3.63, 3.8) is 0 Å². The summed E-state index contributed by atoms with van der Waals surface area (Å²) in [5.74, 6) is 5.35. The first-order valence-corrected chi connectivity index (χ1v) is 9.01. The van der Waals surface area contributed by atoms with E-state index in [1.54, 1.807) is 44.9 Å². The molecule has 5 fully saturated rings. The Morgan fingerprint density at radius 2 is 1.58 bits per heavy atom. The Morgan fingerprint density at radius 1 is 0.895 bits per heavy atom. The largest absolute Gasteiger partial charge is 0.330 e. The quantitative estimate of drug-likeness (QED) is 0.802. The number of nitrogens with two attached hydrogens (primary N) is 1. The first kappa shape index (κ1) is 12.7. The van der Waals surface area contributed by atoms with E-state index in [-0.39, 0.29) is 0 Å². The molecule has 0 aromatic heterocycles. The van der Waals surface area contributed by atoms with Crippen LogP contribution in [0, 0.1) is 35.0 Å². The van der Waals surface area contributed by atoms with E-state index in [1.165, 1.54) is 25.7 Å². The van der Waals surface area contributed by atoms with Gasteiger partial charge in [-0.15, -0.1) is 0 Å². The SMILES string of the molecule is NCCC1C2CC3CC1CC(C1CCCCC1)(C3)C2. The minimum absolute atomic E-state index is 0.808. The zero-order valence-corrected chi connectivity index (χ0v) is 12.4. The van der Waals surface area contributed by atoms with Crippen LogP contribution in [0.4, 0.5) is 0 Å². The van der Waals surface area contributed by atoms with E-state index in [2.05, 4.69) is 0 Å². The van der Waals surface area contributed by atoms with Crippen LogP contribution in [0.25, 0.3) is 0 Å². The highest BCUT2D eigenvalue weighted by Gasteiger charge is 2.57. The van der Waals surface area contributed by atoms with Crippen LogP contribution in [-0.4, -0.2) is 6.54 Å². The summed E-state index contributed by atoms with van der Waals surface area (Å²) in [7, 11) is 0. The van der Waals surface area contributed by atoms with E-state index >= 15 is 0 Å². The highest BCUT2D eigenvalue weighted by Crippen LogP contribution is 2.66. The van der Waals surface area contributed by atoms with Gasteiger partial charge in [0.25, 0.3) is 0 Å². The molecule has 0 aliphatic heterocycles. The molecule has 5 saturated carbocycles. The van der Waals surface area contributed by atoms with Gasteiger partial charge in [0.2, 0.25) is 0 Å². The molecular weight excluding hydrogens is 230 g/mol. The standard InChI is InChI=1S/C18H31N/c19-7-6-17-14-8-13-9-15(17)12-18(10-13,11-14)16-4-2-1-3-5-16/h13-17H,1-12,19H2. The third-order valence-electron chi connectivity index (χ3n) is 7.49. The molecule has 0 aromatic carbocycles. The van der Waals surface area contributed by atoms with Gasteiger partial charge in [-0.05, 0) is 92.9 Å². The van der Waals surface area contributed by atoms with Crippen LogP contribution in [0.2, 0.25) is 0 Å². The zero-order chi connectivity index (χ0) is 12.9. The van der Waals surface area contributed by atoms with E-state index in [4.69, 9.17) is 5.73 Å². The smallest absolute Gasteiger partial charge is 0.00744 e. The van der Waals surface area contributed by atoms with Crippen LogP contribution < -0.4 is 5.73 Å². The number of rotatable bonds is 3. The molecule has 0 heterocycles. The summed E-state index contributed by atoms with van der Waals surface area (Å²) < 4.78 is 0. The molecule has 5 rings (SSSR count). The number of hydrogen-bond acceptors (Lipinski definition) is 1. The molecule has 5 aliphatic rings. The maximum absolute atomic E-state index is 5.88. The van der Waals surface area contributed by atoms with Gasteiger partial charge in [-0.2, -0.15) is 0 Å². The van der Waals surface area contributed by atoms with Crippen molar-refractivity contribution in [1.29, 1.82) is 0 Å². The van der Waals surface area contributed by atoms with Crippen molar-refractivity contribution in [2.24, 2.45) is 40.7 Å². The Labute approximate surface area is 118 Å². The van der Waals surface area contributed by atoms with Gasteiger partial charge in [0.15, 0.2) is 0 Å². The summed E-state index contributed by atoms with van der Waals surface area (Å²) in [5.41, 5.74) is 6.69. The summed E-state index contributed by atoms with van der Waals surface area (Å²) in [4.78, 5) is 0. The molecule has 2 atom stereocenters. The lowest BCUT2D eigenvalue weighted by atomic mass is 9.42. The van der Waals surface area contributed by atoms with Gasteiger partial charge >= 0.3 is 0 Å². The van der Waals surface area contributed by atoms with Gasteiger partial charge in [0, 0.05) is 0 Å². The Bertz CT molecular complexity index is 315. The minimum atomic E-state index is 0.808. The Kier molecular flexibility index (Phi) is 3.17. The lowest BCUT2D eigenvalue weighted by Gasteiger charge is -2.63. The molecule has 0 amide bonds. The van der Waals surface area contributed by atoms with Crippen molar-refractivity contribution in [1.82, 2.24) is 0 Å². The molecule has 2 N–H and O–H groups in total. The predicted octanol–water partition coefficient (Wildman–Crippen LogP) is 4.36. The molecule has 2 unspecified atom stereocenters. The maximum atomic E-state index is 5.88. The Hall–Kier alpha value is -0.0400. The van der Waals surface area contributed by atoms with Crippen molar-refractivity contribution in [2.45, 2.75) is 70.6 Å². The topological polar surface area (TPSA) is 26.0 Å². The minimum Gasteiger partial charge on any atom is -0.330 e. The molecule has 0 radical (unpaired) electrons. The summed E-state index contributed by atoms with van der Waals surface area (Å²) >= 11 is 0. The van der Waals surface area contributed by atoms with Crippen molar-refractivity contribution in [3.05, 3.63) is 0 Å². The second kappa shape index (κ2) is 4.76. The van der Waals surface area contributed by atoms with Crippen LogP contribution in [0.3, 0.4) is 0 Å². The third-order valence-corrected chi connectivity index (χ3v) is 7.49. The van der Waals surface area contributed by atoms with Crippen LogP contribution in [0.1, 0.15) is 70.6 Å². The predicted molar refractivity (Wildman–Crippen MR) is 79.7 cm³/mol. The van der Waals surface area contributed by atoms with E-state index < -0.39 is 0 Å². The molecule has 0 aromatic rings. The van der Waals surface area contributed by atoms with Crippen LogP contribution in [0.15, 0.2) is 0 Å². The van der Waals surface area contributed by atoms with E-state index in [9.17, 15) is 0 Å². The summed E-state index contributed by atoms with van der Waals surface area (Å²) in [6.45, 7) is 0.929. The molecule has 0 saturated heterocycles. The lowest BCUT2D eigenvalue weighted by Crippen LogP contribution is -2.54. The van der Waals surface area contributed by atoms with Crippen LogP contribution in [0.5, 0.6) is 0 Å². The van der Waals surface area contributed by atoms with Gasteiger partial charge in [-0.1, -0.05) is 19.3 Å². The monoisotopic (exact) mass is 261 g/mol. The van der Waals surface area contributed by atoms with Gasteiger partial charge in [0.1, 0.15) is 0 Å². The zero-order valence-electron chi connectivity index (χ0n) is 12.4. The molecular formula is C18H31N. The normalized spacial score (nSPS) is 49.7. The highest BCUT2D eigenvalue weighted by atomic mass is 14.6. The Morgan fingerprint density at radius 3 is 2.21 bits per heavy atom. The maximum Gasteiger partial charge on any atom is -0.00744 e. The number of hydrogen-bond donors (Lipinski definition) is 1. The first-order chi connectivity index (χ1) is 9.31. The van der Waals surface area contributed by atoms with Gasteiger partial charge in [0.05, 0.1) is 0 Å². The lowest BCUT2D eigenvalue weighted by molar-refractivity contribution is -0.129. The summed E-state index contributed by atoms with van der Waals surface area (Å²) in [5, 5.41) is 0. The second-order valence-electron chi connectivity index (χ2n) is 8.41. The van der Waals surface area contributed by atoms with E-state index in [0.29, 0.717) is 0 Å². The molecule has 19 heavy (non-hydrogen) atoms. The van der Waals surface area contributed by atoms with E-state index in [0.717, 1.165) is 41.5 Å².